The van der Waals surface area contributed by atoms with Gasteiger partial charge in [-0.2, -0.15) is 0 Å². The van der Waals surface area contributed by atoms with Crippen molar-refractivity contribution in [2.24, 2.45) is 0 Å². The number of furan rings is 2. The third-order valence-corrected chi connectivity index (χ3v) is 5.35. The first-order valence-electron chi connectivity index (χ1n) is 8.80. The molecule has 6 aromatic rings. The van der Waals surface area contributed by atoms with Gasteiger partial charge in [0.2, 0.25) is 0 Å². The van der Waals surface area contributed by atoms with Gasteiger partial charge in [0, 0.05) is 32.1 Å². The van der Waals surface area contributed by atoms with Crippen LogP contribution in [0.5, 0.6) is 0 Å². The summed E-state index contributed by atoms with van der Waals surface area (Å²) in [5, 5.41) is 5.00. The van der Waals surface area contributed by atoms with Gasteiger partial charge in [-0.1, -0.05) is 54.1 Å². The van der Waals surface area contributed by atoms with Gasteiger partial charge in [0.15, 0.2) is 0 Å². The van der Waals surface area contributed by atoms with Crippen LogP contribution < -0.4 is 0 Å². The molecule has 0 atom stereocenters. The van der Waals surface area contributed by atoms with Crippen LogP contribution in [0.15, 0.2) is 87.7 Å². The zero-order valence-electron chi connectivity index (χ0n) is 14.2. The number of benzene rings is 4. The first-order chi connectivity index (χ1) is 13.3. The standard InChI is InChI=1S/C24H13ClO2/c25-15-12-18(24-20(13-15)17-6-2-4-8-22(17)27-24)14-9-10-23-19(11-14)16-5-1-3-7-21(16)26-23/h1-13H. The van der Waals surface area contributed by atoms with E-state index >= 15 is 0 Å². The molecular weight excluding hydrogens is 356 g/mol. The van der Waals surface area contributed by atoms with Crippen molar-refractivity contribution in [1.29, 1.82) is 0 Å². The number of hydrogen-bond donors (Lipinski definition) is 0. The average Bonchev–Trinajstić information content (AvgIpc) is 3.25. The van der Waals surface area contributed by atoms with Gasteiger partial charge in [0.25, 0.3) is 0 Å². The van der Waals surface area contributed by atoms with E-state index in [2.05, 4.69) is 24.3 Å². The van der Waals surface area contributed by atoms with Crippen LogP contribution in [0.2, 0.25) is 5.02 Å². The summed E-state index contributed by atoms with van der Waals surface area (Å²) in [6, 6.07) is 26.3. The molecule has 0 fully saturated rings. The van der Waals surface area contributed by atoms with Crippen molar-refractivity contribution in [3.05, 3.63) is 83.9 Å². The van der Waals surface area contributed by atoms with Crippen LogP contribution in [-0.2, 0) is 0 Å². The Morgan fingerprint density at radius 3 is 2.04 bits per heavy atom. The maximum absolute atomic E-state index is 6.46. The summed E-state index contributed by atoms with van der Waals surface area (Å²) >= 11 is 6.46. The van der Waals surface area contributed by atoms with Crippen molar-refractivity contribution < 1.29 is 8.83 Å². The molecule has 128 valence electrons. The van der Waals surface area contributed by atoms with Gasteiger partial charge in [-0.25, -0.2) is 0 Å². The van der Waals surface area contributed by atoms with Crippen LogP contribution in [0.4, 0.5) is 0 Å². The minimum absolute atomic E-state index is 0.696. The molecule has 0 aliphatic rings. The summed E-state index contributed by atoms with van der Waals surface area (Å²) in [5.74, 6) is 0. The van der Waals surface area contributed by atoms with E-state index < -0.39 is 0 Å². The van der Waals surface area contributed by atoms with Crippen molar-refractivity contribution in [3.8, 4) is 11.1 Å². The number of halogens is 1. The SMILES string of the molecule is Clc1cc(-c2ccc3oc4ccccc4c3c2)c2oc3ccccc3c2c1. The quantitative estimate of drug-likeness (QED) is 0.296. The third-order valence-electron chi connectivity index (χ3n) is 5.13. The normalized spacial score (nSPS) is 11.9. The summed E-state index contributed by atoms with van der Waals surface area (Å²) in [7, 11) is 0. The molecule has 6 rings (SSSR count). The molecule has 4 aromatic carbocycles. The van der Waals surface area contributed by atoms with Crippen molar-refractivity contribution >= 4 is 55.5 Å². The topological polar surface area (TPSA) is 26.3 Å². The molecule has 2 heterocycles. The molecule has 2 nitrogen and oxygen atoms in total. The van der Waals surface area contributed by atoms with E-state index in [1.807, 2.05) is 54.6 Å². The van der Waals surface area contributed by atoms with Gasteiger partial charge in [0.05, 0.1) is 0 Å². The number of hydrogen-bond acceptors (Lipinski definition) is 2. The van der Waals surface area contributed by atoms with Crippen molar-refractivity contribution in [1.82, 2.24) is 0 Å². The lowest BCUT2D eigenvalue weighted by Crippen LogP contribution is -1.80. The Labute approximate surface area is 159 Å². The van der Waals surface area contributed by atoms with E-state index in [1.54, 1.807) is 0 Å². The molecule has 0 amide bonds. The minimum atomic E-state index is 0.696. The number of fused-ring (bicyclic) bond motifs is 6. The molecule has 0 unspecified atom stereocenters. The van der Waals surface area contributed by atoms with Crippen molar-refractivity contribution in [2.75, 3.05) is 0 Å². The monoisotopic (exact) mass is 368 g/mol. The number of para-hydroxylation sites is 2. The van der Waals surface area contributed by atoms with E-state index in [0.717, 1.165) is 55.0 Å². The zero-order valence-corrected chi connectivity index (χ0v) is 15.0. The fourth-order valence-corrected chi connectivity index (χ4v) is 4.12. The van der Waals surface area contributed by atoms with Gasteiger partial charge in [0.1, 0.15) is 22.3 Å². The Hall–Kier alpha value is -3.23. The van der Waals surface area contributed by atoms with Crippen LogP contribution in [0, 0.1) is 0 Å². The van der Waals surface area contributed by atoms with Crippen LogP contribution in [-0.4, -0.2) is 0 Å². The lowest BCUT2D eigenvalue weighted by atomic mass is 10.0. The fourth-order valence-electron chi connectivity index (χ4n) is 3.90. The van der Waals surface area contributed by atoms with Crippen molar-refractivity contribution in [2.45, 2.75) is 0 Å². The van der Waals surface area contributed by atoms with Gasteiger partial charge in [-0.15, -0.1) is 0 Å². The molecule has 0 bridgehead atoms. The van der Waals surface area contributed by atoms with Gasteiger partial charge in [-0.05, 0) is 42.0 Å². The molecule has 27 heavy (non-hydrogen) atoms. The zero-order chi connectivity index (χ0) is 18.0. The second kappa shape index (κ2) is 5.38. The number of rotatable bonds is 1. The van der Waals surface area contributed by atoms with Gasteiger partial charge in [-0.3, -0.25) is 0 Å². The Bertz CT molecular complexity index is 1490. The molecule has 0 N–H and O–H groups in total. The summed E-state index contributed by atoms with van der Waals surface area (Å²) in [4.78, 5) is 0. The summed E-state index contributed by atoms with van der Waals surface area (Å²) in [6.45, 7) is 0. The predicted octanol–water partition coefficient (Wildman–Crippen LogP) is 7.81. The van der Waals surface area contributed by atoms with Crippen molar-refractivity contribution in [3.63, 3.8) is 0 Å². The van der Waals surface area contributed by atoms with Crippen LogP contribution in [0.25, 0.3) is 55.0 Å². The smallest absolute Gasteiger partial charge is 0.143 e. The van der Waals surface area contributed by atoms with Gasteiger partial charge >= 0.3 is 0 Å². The Morgan fingerprint density at radius 1 is 0.556 bits per heavy atom. The largest absolute Gasteiger partial charge is 0.456 e. The Morgan fingerprint density at radius 2 is 1.22 bits per heavy atom. The summed E-state index contributed by atoms with van der Waals surface area (Å²) < 4.78 is 12.1. The second-order valence-electron chi connectivity index (χ2n) is 6.74. The van der Waals surface area contributed by atoms with E-state index in [-0.39, 0.29) is 0 Å². The van der Waals surface area contributed by atoms with E-state index in [1.165, 1.54) is 0 Å². The first kappa shape index (κ1) is 14.9. The molecule has 0 saturated heterocycles. The lowest BCUT2D eigenvalue weighted by molar-refractivity contribution is 0.668. The Kier molecular flexibility index (Phi) is 2.97. The first-order valence-corrected chi connectivity index (χ1v) is 9.18. The second-order valence-corrected chi connectivity index (χ2v) is 7.17. The highest BCUT2D eigenvalue weighted by atomic mass is 35.5. The minimum Gasteiger partial charge on any atom is -0.456 e. The maximum Gasteiger partial charge on any atom is 0.143 e. The average molecular weight is 369 g/mol. The van der Waals surface area contributed by atoms with Crippen LogP contribution >= 0.6 is 11.6 Å². The van der Waals surface area contributed by atoms with E-state index in [9.17, 15) is 0 Å². The molecular formula is C24H13ClO2. The molecule has 2 aromatic heterocycles. The van der Waals surface area contributed by atoms with E-state index in [4.69, 9.17) is 20.4 Å². The highest BCUT2D eigenvalue weighted by Crippen LogP contribution is 2.40. The molecule has 0 saturated carbocycles. The maximum atomic E-state index is 6.46. The van der Waals surface area contributed by atoms with Gasteiger partial charge < -0.3 is 8.83 Å². The molecule has 0 radical (unpaired) electrons. The molecule has 0 aliphatic carbocycles. The fraction of sp³-hybridized carbons (Fsp3) is 0. The highest BCUT2D eigenvalue weighted by molar-refractivity contribution is 6.32. The molecule has 0 aliphatic heterocycles. The summed E-state index contributed by atoms with van der Waals surface area (Å²) in [6.07, 6.45) is 0. The molecule has 3 heteroatoms. The lowest BCUT2D eigenvalue weighted by Gasteiger charge is -2.04. The molecule has 0 spiro atoms. The predicted molar refractivity (Wildman–Crippen MR) is 111 cm³/mol. The van der Waals surface area contributed by atoms with Crippen LogP contribution in [0.1, 0.15) is 0 Å². The Balaban J connectivity index is 1.70. The van der Waals surface area contributed by atoms with E-state index in [0.29, 0.717) is 5.02 Å². The highest BCUT2D eigenvalue weighted by Gasteiger charge is 2.15. The third kappa shape index (κ3) is 2.14. The van der Waals surface area contributed by atoms with Crippen LogP contribution in [0.3, 0.4) is 0 Å². The summed E-state index contributed by atoms with van der Waals surface area (Å²) in [5.41, 5.74) is 5.53.